The Morgan fingerprint density at radius 1 is 1.29 bits per heavy atom. The lowest BCUT2D eigenvalue weighted by atomic mass is 10.1. The van der Waals surface area contributed by atoms with Gasteiger partial charge in [-0.3, -0.25) is 9.59 Å². The van der Waals surface area contributed by atoms with Gasteiger partial charge in [0.2, 0.25) is 0 Å². The van der Waals surface area contributed by atoms with E-state index >= 15 is 0 Å². The number of ketones is 1. The van der Waals surface area contributed by atoms with Crippen LogP contribution in [0.4, 0.5) is 0 Å². The molecular formula is C16H18O5. The molecule has 0 unspecified atom stereocenters. The minimum Gasteiger partial charge on any atom is -0.490 e. The van der Waals surface area contributed by atoms with Gasteiger partial charge >= 0.3 is 5.97 Å². The second-order valence-electron chi connectivity index (χ2n) is 4.78. The zero-order valence-electron chi connectivity index (χ0n) is 11.9. The topological polar surface area (TPSA) is 76.7 Å². The minimum absolute atomic E-state index is 0.0142. The van der Waals surface area contributed by atoms with Gasteiger partial charge in [-0.05, 0) is 25.5 Å². The van der Waals surface area contributed by atoms with Crippen molar-refractivity contribution in [2.24, 2.45) is 0 Å². The average Bonchev–Trinajstić information content (AvgIpc) is 2.82. The van der Waals surface area contributed by atoms with Gasteiger partial charge in [-0.25, -0.2) is 0 Å². The number of rotatable bonds is 8. The van der Waals surface area contributed by atoms with Gasteiger partial charge in [0.05, 0.1) is 13.0 Å². The highest BCUT2D eigenvalue weighted by molar-refractivity contribution is 5.86. The van der Waals surface area contributed by atoms with E-state index in [-0.39, 0.29) is 25.0 Å². The number of carboxylic acids is 1. The quantitative estimate of drug-likeness (QED) is 0.807. The van der Waals surface area contributed by atoms with Crippen molar-refractivity contribution in [3.63, 3.8) is 0 Å². The second kappa shape index (κ2) is 6.92. The Bertz CT molecular complexity index is 641. The van der Waals surface area contributed by atoms with Crippen LogP contribution in [0, 0.1) is 0 Å². The molecule has 0 bridgehead atoms. The molecule has 21 heavy (non-hydrogen) atoms. The van der Waals surface area contributed by atoms with Gasteiger partial charge in [0, 0.05) is 18.2 Å². The van der Waals surface area contributed by atoms with E-state index in [1.54, 1.807) is 0 Å². The Morgan fingerprint density at radius 2 is 2.10 bits per heavy atom. The summed E-state index contributed by atoms with van der Waals surface area (Å²) in [4.78, 5) is 22.2. The molecule has 1 N–H and O–H groups in total. The monoisotopic (exact) mass is 290 g/mol. The van der Waals surface area contributed by atoms with E-state index in [9.17, 15) is 9.59 Å². The van der Waals surface area contributed by atoms with Gasteiger partial charge in [-0.15, -0.1) is 0 Å². The first kappa shape index (κ1) is 15.1. The molecule has 2 aromatic rings. The molecule has 0 saturated carbocycles. The molecule has 0 aliphatic heterocycles. The third kappa shape index (κ3) is 4.08. The van der Waals surface area contributed by atoms with E-state index in [4.69, 9.17) is 14.3 Å². The lowest BCUT2D eigenvalue weighted by Gasteiger charge is -2.02. The molecule has 5 nitrogen and oxygen atoms in total. The molecule has 1 aromatic heterocycles. The molecule has 0 aliphatic carbocycles. The summed E-state index contributed by atoms with van der Waals surface area (Å²) in [5.74, 6) is 0.346. The average molecular weight is 290 g/mol. The van der Waals surface area contributed by atoms with Crippen LogP contribution < -0.4 is 4.74 Å². The zero-order chi connectivity index (χ0) is 15.2. The second-order valence-corrected chi connectivity index (χ2v) is 4.78. The molecule has 1 aromatic carbocycles. The van der Waals surface area contributed by atoms with Crippen LogP contribution in [0.1, 0.15) is 31.9 Å². The molecule has 2 rings (SSSR count). The molecule has 1 heterocycles. The number of ether oxygens (including phenoxy) is 1. The summed E-state index contributed by atoms with van der Waals surface area (Å²) in [6, 6.07) is 7.43. The fourth-order valence-corrected chi connectivity index (χ4v) is 2.17. The van der Waals surface area contributed by atoms with Gasteiger partial charge in [0.15, 0.2) is 11.3 Å². The van der Waals surface area contributed by atoms with Gasteiger partial charge in [0.25, 0.3) is 0 Å². The van der Waals surface area contributed by atoms with Crippen LogP contribution in [0.2, 0.25) is 0 Å². The Balaban J connectivity index is 2.04. The summed E-state index contributed by atoms with van der Waals surface area (Å²) in [7, 11) is 0. The maximum Gasteiger partial charge on any atom is 0.303 e. The fourth-order valence-electron chi connectivity index (χ4n) is 2.17. The van der Waals surface area contributed by atoms with Crippen molar-refractivity contribution in [1.82, 2.24) is 0 Å². The van der Waals surface area contributed by atoms with E-state index in [1.165, 1.54) is 0 Å². The smallest absolute Gasteiger partial charge is 0.303 e. The molecule has 0 amide bonds. The largest absolute Gasteiger partial charge is 0.490 e. The maximum atomic E-state index is 11.8. The molecule has 0 fully saturated rings. The first-order chi connectivity index (χ1) is 10.1. The third-order valence-corrected chi connectivity index (χ3v) is 3.08. The lowest BCUT2D eigenvalue weighted by molar-refractivity contribution is -0.137. The van der Waals surface area contributed by atoms with E-state index in [1.807, 2.05) is 31.2 Å². The van der Waals surface area contributed by atoms with E-state index in [2.05, 4.69) is 0 Å². The van der Waals surface area contributed by atoms with Gasteiger partial charge in [-0.2, -0.15) is 0 Å². The van der Waals surface area contributed by atoms with Crippen molar-refractivity contribution in [2.45, 2.75) is 32.6 Å². The molecular weight excluding hydrogens is 272 g/mol. The number of furan rings is 1. The Labute approximate surface area is 122 Å². The number of carbonyl (C=O) groups excluding carboxylic acids is 1. The van der Waals surface area contributed by atoms with Crippen molar-refractivity contribution in [1.29, 1.82) is 0 Å². The zero-order valence-corrected chi connectivity index (χ0v) is 11.9. The van der Waals surface area contributed by atoms with Crippen molar-refractivity contribution in [3.05, 3.63) is 30.0 Å². The van der Waals surface area contributed by atoms with Crippen LogP contribution in [0.3, 0.4) is 0 Å². The summed E-state index contributed by atoms with van der Waals surface area (Å²) in [5, 5.41) is 9.45. The molecule has 112 valence electrons. The van der Waals surface area contributed by atoms with Crippen LogP contribution >= 0.6 is 0 Å². The van der Waals surface area contributed by atoms with Crippen molar-refractivity contribution < 1.29 is 23.8 Å². The number of Topliss-reactive ketones (excluding diaryl/α,β-unsaturated/α-hetero) is 1. The number of carbonyl (C=O) groups is 2. The number of fused-ring (bicyclic) bond motifs is 1. The molecule has 0 aliphatic rings. The summed E-state index contributed by atoms with van der Waals surface area (Å²) < 4.78 is 11.2. The summed E-state index contributed by atoms with van der Waals surface area (Å²) >= 11 is 0. The van der Waals surface area contributed by atoms with Crippen LogP contribution in [-0.4, -0.2) is 23.5 Å². The van der Waals surface area contributed by atoms with Gasteiger partial charge in [0.1, 0.15) is 11.5 Å². The highest BCUT2D eigenvalue weighted by Gasteiger charge is 2.12. The molecule has 0 atom stereocenters. The SMILES string of the molecule is CCOc1cccc2cc(CC(=O)CCCC(=O)O)oc12. The lowest BCUT2D eigenvalue weighted by Crippen LogP contribution is -2.03. The number of carboxylic acid groups (broad SMARTS) is 1. The number of para-hydroxylation sites is 1. The Kier molecular flexibility index (Phi) is 4.98. The summed E-state index contributed by atoms with van der Waals surface area (Å²) in [5.41, 5.74) is 0.646. The highest BCUT2D eigenvalue weighted by Crippen LogP contribution is 2.29. The summed E-state index contributed by atoms with van der Waals surface area (Å²) in [6.07, 6.45) is 0.806. The van der Waals surface area contributed by atoms with E-state index in [0.717, 1.165) is 5.39 Å². The fraction of sp³-hybridized carbons (Fsp3) is 0.375. The first-order valence-electron chi connectivity index (χ1n) is 6.98. The van der Waals surface area contributed by atoms with Crippen LogP contribution in [0.15, 0.2) is 28.7 Å². The maximum absolute atomic E-state index is 11.8. The molecule has 5 heteroatoms. The summed E-state index contributed by atoms with van der Waals surface area (Å²) in [6.45, 7) is 2.44. The predicted octanol–water partition coefficient (Wildman–Crippen LogP) is 3.20. The number of benzene rings is 1. The van der Waals surface area contributed by atoms with Crippen LogP contribution in [-0.2, 0) is 16.0 Å². The minimum atomic E-state index is -0.882. The Hall–Kier alpha value is -2.30. The normalized spacial score (nSPS) is 10.7. The third-order valence-electron chi connectivity index (χ3n) is 3.08. The molecule has 0 spiro atoms. The van der Waals surface area contributed by atoms with E-state index < -0.39 is 5.97 Å². The molecule has 0 radical (unpaired) electrons. The number of hydrogen-bond acceptors (Lipinski definition) is 4. The van der Waals surface area contributed by atoms with Crippen molar-refractivity contribution >= 4 is 22.7 Å². The highest BCUT2D eigenvalue weighted by atomic mass is 16.5. The van der Waals surface area contributed by atoms with Crippen molar-refractivity contribution in [3.8, 4) is 5.75 Å². The number of hydrogen-bond donors (Lipinski definition) is 1. The number of aliphatic carboxylic acids is 1. The van der Waals surface area contributed by atoms with Crippen molar-refractivity contribution in [2.75, 3.05) is 6.61 Å². The first-order valence-corrected chi connectivity index (χ1v) is 6.98. The standard InChI is InChI=1S/C16H18O5/c1-2-20-14-7-3-5-11-9-13(21-16(11)14)10-12(17)6-4-8-15(18)19/h3,5,7,9H,2,4,6,8,10H2,1H3,(H,18,19). The Morgan fingerprint density at radius 3 is 2.81 bits per heavy atom. The van der Waals surface area contributed by atoms with Gasteiger partial charge < -0.3 is 14.3 Å². The molecule has 0 saturated heterocycles. The van der Waals surface area contributed by atoms with Crippen LogP contribution in [0.25, 0.3) is 11.0 Å². The van der Waals surface area contributed by atoms with E-state index in [0.29, 0.717) is 30.1 Å². The van der Waals surface area contributed by atoms with Gasteiger partial charge in [-0.1, -0.05) is 12.1 Å². The van der Waals surface area contributed by atoms with Crippen LogP contribution in [0.5, 0.6) is 5.75 Å². The predicted molar refractivity (Wildman–Crippen MR) is 77.6 cm³/mol.